The second-order valence-corrected chi connectivity index (χ2v) is 9.46. The maximum atomic E-state index is 13.4. The van der Waals surface area contributed by atoms with Gasteiger partial charge in [0, 0.05) is 24.7 Å². The van der Waals surface area contributed by atoms with Crippen LogP contribution in [0.5, 0.6) is 0 Å². The smallest absolute Gasteiger partial charge is 0.274 e. The van der Waals surface area contributed by atoms with Crippen LogP contribution >= 0.6 is 11.6 Å². The van der Waals surface area contributed by atoms with E-state index in [0.29, 0.717) is 28.5 Å². The SMILES string of the molecule is O=[N+]([O-])c1ccccc1CNc1cc(S(=O)(=O)N2CCCc3ccccc32)ccc1Cl. The first-order valence-electron chi connectivity index (χ1n) is 9.74. The van der Waals surface area contributed by atoms with Crippen LogP contribution in [0.4, 0.5) is 17.1 Å². The van der Waals surface area contributed by atoms with Gasteiger partial charge >= 0.3 is 0 Å². The average Bonchev–Trinajstić information content (AvgIpc) is 2.78. The van der Waals surface area contributed by atoms with Gasteiger partial charge in [0.05, 0.1) is 26.2 Å². The highest BCUT2D eigenvalue weighted by atomic mass is 35.5. The van der Waals surface area contributed by atoms with Crippen LogP contribution in [0, 0.1) is 10.1 Å². The van der Waals surface area contributed by atoms with E-state index in [1.54, 1.807) is 18.2 Å². The average molecular weight is 458 g/mol. The van der Waals surface area contributed by atoms with Crippen LogP contribution in [-0.2, 0) is 23.0 Å². The van der Waals surface area contributed by atoms with Crippen molar-refractivity contribution in [2.24, 2.45) is 0 Å². The first kappa shape index (κ1) is 21.1. The number of nitrogens with zero attached hydrogens (tertiary/aromatic N) is 2. The molecule has 3 aromatic rings. The Labute approximate surface area is 185 Å². The third-order valence-corrected chi connectivity index (χ3v) is 7.39. The summed E-state index contributed by atoms with van der Waals surface area (Å²) >= 11 is 6.28. The van der Waals surface area contributed by atoms with Crippen LogP contribution in [0.2, 0.25) is 5.02 Å². The predicted octanol–water partition coefficient (Wildman–Crippen LogP) is 5.00. The fraction of sp³-hybridized carbons (Fsp3) is 0.182. The topological polar surface area (TPSA) is 92.5 Å². The van der Waals surface area contributed by atoms with Gasteiger partial charge in [0.2, 0.25) is 0 Å². The van der Waals surface area contributed by atoms with Crippen molar-refractivity contribution < 1.29 is 13.3 Å². The van der Waals surface area contributed by atoms with Crippen LogP contribution < -0.4 is 9.62 Å². The number of nitrogens with one attached hydrogen (secondary N) is 1. The number of nitro groups is 1. The summed E-state index contributed by atoms with van der Waals surface area (Å²) in [6.07, 6.45) is 1.58. The molecule has 9 heteroatoms. The number of fused-ring (bicyclic) bond motifs is 1. The Hall–Kier alpha value is -3.10. The number of nitro benzene ring substituents is 1. The molecule has 1 heterocycles. The first-order valence-corrected chi connectivity index (χ1v) is 11.6. The number of anilines is 2. The Bertz CT molecular complexity index is 1250. The second kappa shape index (κ2) is 8.56. The summed E-state index contributed by atoms with van der Waals surface area (Å²) in [6, 6.07) is 18.3. The van der Waals surface area contributed by atoms with Gasteiger partial charge in [0.25, 0.3) is 15.7 Å². The van der Waals surface area contributed by atoms with Gasteiger partial charge in [-0.2, -0.15) is 0 Å². The molecule has 1 N–H and O–H groups in total. The minimum atomic E-state index is -3.79. The number of para-hydroxylation sites is 2. The zero-order valence-corrected chi connectivity index (χ0v) is 18.1. The Morgan fingerprint density at radius 1 is 1.06 bits per heavy atom. The molecule has 3 aromatic carbocycles. The van der Waals surface area contributed by atoms with Gasteiger partial charge in [0.1, 0.15) is 0 Å². The predicted molar refractivity (Wildman–Crippen MR) is 121 cm³/mol. The van der Waals surface area contributed by atoms with Crippen LogP contribution in [-0.4, -0.2) is 19.9 Å². The van der Waals surface area contributed by atoms with E-state index in [1.807, 2.05) is 24.3 Å². The van der Waals surface area contributed by atoms with Gasteiger partial charge < -0.3 is 5.32 Å². The maximum Gasteiger partial charge on any atom is 0.274 e. The van der Waals surface area contributed by atoms with Gasteiger partial charge in [-0.3, -0.25) is 14.4 Å². The van der Waals surface area contributed by atoms with Crippen molar-refractivity contribution in [2.75, 3.05) is 16.2 Å². The molecule has 0 atom stereocenters. The van der Waals surface area contributed by atoms with Crippen molar-refractivity contribution in [2.45, 2.75) is 24.3 Å². The third-order valence-electron chi connectivity index (χ3n) is 5.25. The number of hydrogen-bond donors (Lipinski definition) is 1. The summed E-state index contributed by atoms with van der Waals surface area (Å²) < 4.78 is 28.2. The lowest BCUT2D eigenvalue weighted by molar-refractivity contribution is -0.385. The molecule has 31 heavy (non-hydrogen) atoms. The lowest BCUT2D eigenvalue weighted by Crippen LogP contribution is -2.35. The van der Waals surface area contributed by atoms with E-state index in [9.17, 15) is 18.5 Å². The lowest BCUT2D eigenvalue weighted by atomic mass is 10.0. The summed E-state index contributed by atoms with van der Waals surface area (Å²) in [5.41, 5.74) is 2.55. The number of aryl methyl sites for hydroxylation is 1. The molecule has 0 amide bonds. The molecule has 0 aromatic heterocycles. The molecular formula is C22H20ClN3O4S. The van der Waals surface area contributed by atoms with Gasteiger partial charge in [-0.15, -0.1) is 0 Å². The van der Waals surface area contributed by atoms with Crippen LogP contribution in [0.15, 0.2) is 71.6 Å². The summed E-state index contributed by atoms with van der Waals surface area (Å²) in [5.74, 6) is 0. The zero-order chi connectivity index (χ0) is 22.0. The molecule has 0 unspecified atom stereocenters. The van der Waals surface area contributed by atoms with Crippen molar-refractivity contribution in [3.8, 4) is 0 Å². The van der Waals surface area contributed by atoms with E-state index in [2.05, 4.69) is 5.32 Å². The molecule has 1 aliphatic rings. The molecule has 0 spiro atoms. The summed E-state index contributed by atoms with van der Waals surface area (Å²) in [5, 5.41) is 14.6. The van der Waals surface area contributed by atoms with Gasteiger partial charge in [-0.1, -0.05) is 48.0 Å². The van der Waals surface area contributed by atoms with Crippen LogP contribution in [0.3, 0.4) is 0 Å². The van der Waals surface area contributed by atoms with Gasteiger partial charge in [-0.25, -0.2) is 8.42 Å². The van der Waals surface area contributed by atoms with Crippen LogP contribution in [0.25, 0.3) is 0 Å². The fourth-order valence-electron chi connectivity index (χ4n) is 3.71. The van der Waals surface area contributed by atoms with Crippen molar-refractivity contribution in [1.29, 1.82) is 0 Å². The monoisotopic (exact) mass is 457 g/mol. The highest BCUT2D eigenvalue weighted by molar-refractivity contribution is 7.92. The minimum Gasteiger partial charge on any atom is -0.379 e. The summed E-state index contributed by atoms with van der Waals surface area (Å²) in [7, 11) is -3.79. The molecule has 0 radical (unpaired) electrons. The number of hydrogen-bond acceptors (Lipinski definition) is 5. The molecule has 0 saturated carbocycles. The highest BCUT2D eigenvalue weighted by Crippen LogP contribution is 2.34. The molecule has 0 bridgehead atoms. The van der Waals surface area contributed by atoms with Crippen molar-refractivity contribution in [1.82, 2.24) is 0 Å². The number of benzene rings is 3. The Morgan fingerprint density at radius 3 is 2.61 bits per heavy atom. The largest absolute Gasteiger partial charge is 0.379 e. The van der Waals surface area contributed by atoms with Crippen molar-refractivity contribution in [3.05, 3.63) is 93.0 Å². The van der Waals surface area contributed by atoms with Crippen molar-refractivity contribution >= 4 is 38.7 Å². The Morgan fingerprint density at radius 2 is 1.81 bits per heavy atom. The molecule has 0 saturated heterocycles. The van der Waals surface area contributed by atoms with E-state index in [1.165, 1.54) is 28.6 Å². The highest BCUT2D eigenvalue weighted by Gasteiger charge is 2.29. The maximum absolute atomic E-state index is 13.4. The summed E-state index contributed by atoms with van der Waals surface area (Å²) in [4.78, 5) is 10.9. The number of sulfonamides is 1. The van der Waals surface area contributed by atoms with Gasteiger partial charge in [0.15, 0.2) is 0 Å². The van der Waals surface area contributed by atoms with Crippen molar-refractivity contribution in [3.63, 3.8) is 0 Å². The number of halogens is 1. The zero-order valence-electron chi connectivity index (χ0n) is 16.5. The first-order chi connectivity index (χ1) is 14.9. The molecule has 4 rings (SSSR count). The lowest BCUT2D eigenvalue weighted by Gasteiger charge is -2.30. The molecule has 0 fully saturated rings. The van der Waals surface area contributed by atoms with E-state index < -0.39 is 14.9 Å². The fourth-order valence-corrected chi connectivity index (χ4v) is 5.46. The standard InChI is InChI=1S/C22H20ClN3O4S/c23-19-12-11-18(14-20(19)24-15-17-7-2-4-10-22(17)26(27)28)31(29,30)25-13-5-8-16-6-1-3-9-21(16)25/h1-4,6-7,9-12,14,24H,5,8,13,15H2. The van der Waals surface area contributed by atoms with E-state index in [4.69, 9.17) is 11.6 Å². The molecule has 0 aliphatic carbocycles. The second-order valence-electron chi connectivity index (χ2n) is 7.19. The Balaban J connectivity index is 1.63. The van der Waals surface area contributed by atoms with E-state index in [0.717, 1.165) is 18.4 Å². The van der Waals surface area contributed by atoms with E-state index >= 15 is 0 Å². The normalized spacial score (nSPS) is 13.5. The molecule has 7 nitrogen and oxygen atoms in total. The number of rotatable bonds is 6. The molecule has 1 aliphatic heterocycles. The summed E-state index contributed by atoms with van der Waals surface area (Å²) in [6.45, 7) is 0.536. The Kier molecular flexibility index (Phi) is 5.84. The van der Waals surface area contributed by atoms with E-state index in [-0.39, 0.29) is 17.1 Å². The minimum absolute atomic E-state index is 0.0141. The molecular weight excluding hydrogens is 438 g/mol. The molecule has 160 valence electrons. The third kappa shape index (κ3) is 4.22. The van der Waals surface area contributed by atoms with Crippen LogP contribution in [0.1, 0.15) is 17.5 Å². The van der Waals surface area contributed by atoms with Gasteiger partial charge in [-0.05, 0) is 42.7 Å². The quantitative estimate of drug-likeness (QED) is 0.415.